The average Bonchev–Trinajstić information content (AvgIpc) is 2.37. The number of pyridine rings is 1. The smallest absolute Gasteiger partial charge is 0.126 e. The number of unbranched alkanes of at least 4 members (excludes halogenated alkanes) is 3. The van der Waals surface area contributed by atoms with Crippen LogP contribution in [0.2, 0.25) is 0 Å². The van der Waals surface area contributed by atoms with E-state index in [1.165, 1.54) is 32.1 Å². The molecule has 0 saturated heterocycles. The Bertz CT molecular complexity index is 391. The van der Waals surface area contributed by atoms with Gasteiger partial charge in [0, 0.05) is 6.54 Å². The minimum Gasteiger partial charge on any atom is -0.388 e. The van der Waals surface area contributed by atoms with Crippen LogP contribution in [-0.4, -0.2) is 16.5 Å². The Labute approximate surface area is 122 Å². The molecule has 0 aromatic carbocycles. The number of nitrogens with zero attached hydrogens (tertiary/aromatic N) is 1. The van der Waals surface area contributed by atoms with Gasteiger partial charge in [-0.1, -0.05) is 57.8 Å². The Morgan fingerprint density at radius 3 is 2.68 bits per heavy atom. The zero-order valence-electron chi connectivity index (χ0n) is 12.0. The fraction of sp³-hybridized carbons (Fsp3) is 0.600. The van der Waals surface area contributed by atoms with Crippen LogP contribution in [0, 0.1) is 5.92 Å². The molecule has 4 heteroatoms. The molecule has 0 aliphatic carbocycles. The Balaban J connectivity index is 2.15. The maximum absolute atomic E-state index is 5.56. The quantitative estimate of drug-likeness (QED) is 0.534. The van der Waals surface area contributed by atoms with Crippen molar-refractivity contribution in [3.63, 3.8) is 0 Å². The molecule has 1 aromatic rings. The van der Waals surface area contributed by atoms with Crippen LogP contribution in [0.5, 0.6) is 0 Å². The second kappa shape index (κ2) is 8.86. The van der Waals surface area contributed by atoms with Crippen LogP contribution in [0.25, 0.3) is 0 Å². The van der Waals surface area contributed by atoms with Gasteiger partial charge in [0.05, 0.1) is 5.69 Å². The van der Waals surface area contributed by atoms with E-state index >= 15 is 0 Å². The molecule has 106 valence electrons. The third kappa shape index (κ3) is 7.11. The Hall–Kier alpha value is -1.16. The zero-order valence-corrected chi connectivity index (χ0v) is 12.8. The maximum atomic E-state index is 5.56. The standard InChI is InChI=1S/C15H25N3S/c1-12(2)8-5-3-4-6-11-17-14-10-7-9-13(18-14)15(16)19/h7,9-10,12H,3-6,8,11H2,1-2H3,(H2,16,19)(H,17,18). The second-order valence-corrected chi connectivity index (χ2v) is 5.74. The predicted octanol–water partition coefficient (Wildman–Crippen LogP) is 3.73. The summed E-state index contributed by atoms with van der Waals surface area (Å²) in [6.45, 7) is 5.51. The van der Waals surface area contributed by atoms with E-state index in [4.69, 9.17) is 18.0 Å². The highest BCUT2D eigenvalue weighted by molar-refractivity contribution is 7.80. The van der Waals surface area contributed by atoms with Gasteiger partial charge in [0.2, 0.25) is 0 Å². The van der Waals surface area contributed by atoms with Crippen molar-refractivity contribution in [1.29, 1.82) is 0 Å². The Kier molecular flexibility index (Phi) is 7.41. The number of rotatable bonds is 9. The first-order chi connectivity index (χ1) is 9.09. The lowest BCUT2D eigenvalue weighted by molar-refractivity contribution is 0.523. The van der Waals surface area contributed by atoms with E-state index in [-0.39, 0.29) is 0 Å². The summed E-state index contributed by atoms with van der Waals surface area (Å²) < 4.78 is 0. The summed E-state index contributed by atoms with van der Waals surface area (Å²) in [5.41, 5.74) is 6.24. The van der Waals surface area contributed by atoms with Crippen LogP contribution in [0.15, 0.2) is 18.2 Å². The third-order valence-electron chi connectivity index (χ3n) is 3.02. The Morgan fingerprint density at radius 1 is 1.26 bits per heavy atom. The third-order valence-corrected chi connectivity index (χ3v) is 3.23. The van der Waals surface area contributed by atoms with Gasteiger partial charge in [0.15, 0.2) is 0 Å². The van der Waals surface area contributed by atoms with Crippen molar-refractivity contribution in [2.75, 3.05) is 11.9 Å². The molecule has 0 saturated carbocycles. The molecule has 0 radical (unpaired) electrons. The van der Waals surface area contributed by atoms with Gasteiger partial charge in [0.25, 0.3) is 0 Å². The van der Waals surface area contributed by atoms with Gasteiger partial charge in [-0.05, 0) is 24.5 Å². The van der Waals surface area contributed by atoms with Gasteiger partial charge in [0.1, 0.15) is 10.8 Å². The monoisotopic (exact) mass is 279 g/mol. The van der Waals surface area contributed by atoms with Crippen molar-refractivity contribution in [3.05, 3.63) is 23.9 Å². The Morgan fingerprint density at radius 2 is 2.00 bits per heavy atom. The van der Waals surface area contributed by atoms with Crippen molar-refractivity contribution in [1.82, 2.24) is 4.98 Å². The molecule has 1 rings (SSSR count). The number of aromatic nitrogens is 1. The normalized spacial score (nSPS) is 10.7. The van der Waals surface area contributed by atoms with Crippen LogP contribution in [0.3, 0.4) is 0 Å². The van der Waals surface area contributed by atoms with E-state index in [9.17, 15) is 0 Å². The van der Waals surface area contributed by atoms with Gasteiger partial charge in [-0.25, -0.2) is 4.98 Å². The van der Waals surface area contributed by atoms with Crippen molar-refractivity contribution < 1.29 is 0 Å². The lowest BCUT2D eigenvalue weighted by atomic mass is 10.0. The van der Waals surface area contributed by atoms with Crippen LogP contribution >= 0.6 is 12.2 Å². The largest absolute Gasteiger partial charge is 0.388 e. The van der Waals surface area contributed by atoms with Crippen molar-refractivity contribution in [2.24, 2.45) is 11.7 Å². The average molecular weight is 279 g/mol. The summed E-state index contributed by atoms with van der Waals surface area (Å²) in [6, 6.07) is 5.70. The van der Waals surface area contributed by atoms with Crippen molar-refractivity contribution >= 4 is 23.0 Å². The molecular formula is C15H25N3S. The summed E-state index contributed by atoms with van der Waals surface area (Å²) in [5.74, 6) is 1.68. The van der Waals surface area contributed by atoms with E-state index < -0.39 is 0 Å². The lowest BCUT2D eigenvalue weighted by Crippen LogP contribution is -2.13. The molecule has 19 heavy (non-hydrogen) atoms. The molecular weight excluding hydrogens is 254 g/mol. The van der Waals surface area contributed by atoms with Gasteiger partial charge in [-0.3, -0.25) is 0 Å². The number of nitrogens with two attached hydrogens (primary N) is 1. The zero-order chi connectivity index (χ0) is 14.1. The highest BCUT2D eigenvalue weighted by atomic mass is 32.1. The van der Waals surface area contributed by atoms with Gasteiger partial charge in [-0.15, -0.1) is 0 Å². The summed E-state index contributed by atoms with van der Waals surface area (Å²) in [6.07, 6.45) is 6.45. The molecule has 0 aliphatic rings. The van der Waals surface area contributed by atoms with E-state index in [1.54, 1.807) is 0 Å². The van der Waals surface area contributed by atoms with Crippen molar-refractivity contribution in [3.8, 4) is 0 Å². The molecule has 0 bridgehead atoms. The molecule has 3 N–H and O–H groups in total. The molecule has 3 nitrogen and oxygen atoms in total. The van der Waals surface area contributed by atoms with Gasteiger partial charge < -0.3 is 11.1 Å². The van der Waals surface area contributed by atoms with Crippen molar-refractivity contribution in [2.45, 2.75) is 46.0 Å². The topological polar surface area (TPSA) is 50.9 Å². The fourth-order valence-corrected chi connectivity index (χ4v) is 2.03. The van der Waals surface area contributed by atoms with E-state index in [1.807, 2.05) is 18.2 Å². The van der Waals surface area contributed by atoms with E-state index in [2.05, 4.69) is 24.1 Å². The molecule has 0 amide bonds. The number of nitrogens with one attached hydrogen (secondary N) is 1. The highest BCUT2D eigenvalue weighted by Crippen LogP contribution is 2.10. The van der Waals surface area contributed by atoms with Crippen LogP contribution in [0.1, 0.15) is 51.6 Å². The van der Waals surface area contributed by atoms with Crippen LogP contribution < -0.4 is 11.1 Å². The summed E-state index contributed by atoms with van der Waals surface area (Å²) in [5, 5.41) is 3.31. The van der Waals surface area contributed by atoms with Crippen LogP contribution in [0.4, 0.5) is 5.82 Å². The van der Waals surface area contributed by atoms with Crippen LogP contribution in [-0.2, 0) is 0 Å². The summed E-state index contributed by atoms with van der Waals surface area (Å²) in [7, 11) is 0. The number of hydrogen-bond acceptors (Lipinski definition) is 3. The molecule has 0 atom stereocenters. The lowest BCUT2D eigenvalue weighted by Gasteiger charge is -2.07. The molecule has 0 aliphatic heterocycles. The molecule has 0 unspecified atom stereocenters. The first-order valence-corrected chi connectivity index (χ1v) is 7.51. The van der Waals surface area contributed by atoms with Gasteiger partial charge >= 0.3 is 0 Å². The fourth-order valence-electron chi connectivity index (χ4n) is 1.92. The number of hydrogen-bond donors (Lipinski definition) is 2. The minimum atomic E-state index is 0.345. The number of anilines is 1. The SMILES string of the molecule is CC(C)CCCCCCNc1cccc(C(N)=S)n1. The predicted molar refractivity (Wildman–Crippen MR) is 86.5 cm³/mol. The second-order valence-electron chi connectivity index (χ2n) is 5.30. The first-order valence-electron chi connectivity index (χ1n) is 7.10. The molecule has 0 spiro atoms. The molecule has 1 heterocycles. The highest BCUT2D eigenvalue weighted by Gasteiger charge is 1.99. The molecule has 1 aromatic heterocycles. The summed E-state index contributed by atoms with van der Waals surface area (Å²) in [4.78, 5) is 4.70. The first kappa shape index (κ1) is 15.9. The maximum Gasteiger partial charge on any atom is 0.126 e. The number of thiocarbonyl (C=S) groups is 1. The molecule has 0 fully saturated rings. The van der Waals surface area contributed by atoms with Gasteiger partial charge in [-0.2, -0.15) is 0 Å². The van der Waals surface area contributed by atoms with E-state index in [0.717, 1.165) is 18.3 Å². The van der Waals surface area contributed by atoms with E-state index in [0.29, 0.717) is 10.7 Å². The summed E-state index contributed by atoms with van der Waals surface area (Å²) >= 11 is 4.91. The minimum absolute atomic E-state index is 0.345.